The van der Waals surface area contributed by atoms with Crippen LogP contribution >= 0.6 is 11.8 Å². The maximum absolute atomic E-state index is 11.9. The molecule has 100 valence electrons. The van der Waals surface area contributed by atoms with E-state index in [1.165, 1.54) is 5.56 Å². The number of benzene rings is 1. The molecule has 0 heterocycles. The van der Waals surface area contributed by atoms with Crippen LogP contribution in [0.3, 0.4) is 0 Å². The highest BCUT2D eigenvalue weighted by Gasteiger charge is 2.15. The van der Waals surface area contributed by atoms with Gasteiger partial charge in [0, 0.05) is 18.9 Å². The average molecular weight is 267 g/mol. The number of ether oxygens (including phenoxy) is 1. The summed E-state index contributed by atoms with van der Waals surface area (Å²) in [7, 11) is 1.64. The maximum Gasteiger partial charge on any atom is 0.233 e. The molecule has 0 spiro atoms. The summed E-state index contributed by atoms with van der Waals surface area (Å²) in [5.74, 6) is 0.925. The van der Waals surface area contributed by atoms with E-state index in [4.69, 9.17) is 4.74 Å². The molecule has 4 heteroatoms. The Bertz CT molecular complexity index is 356. The Kier molecular flexibility index (Phi) is 6.83. The second kappa shape index (κ2) is 8.16. The molecule has 0 aliphatic heterocycles. The zero-order valence-corrected chi connectivity index (χ0v) is 12.0. The van der Waals surface area contributed by atoms with Gasteiger partial charge in [-0.05, 0) is 19.4 Å². The number of hydrogen-bond donors (Lipinski definition) is 1. The maximum atomic E-state index is 11.9. The van der Waals surface area contributed by atoms with Gasteiger partial charge in [-0.1, -0.05) is 30.3 Å². The molecule has 0 radical (unpaired) electrons. The lowest BCUT2D eigenvalue weighted by Crippen LogP contribution is -2.39. The fourth-order valence-electron chi connectivity index (χ4n) is 1.52. The van der Waals surface area contributed by atoms with Gasteiger partial charge in [0.15, 0.2) is 0 Å². The topological polar surface area (TPSA) is 38.3 Å². The number of methoxy groups -OCH3 is 1. The third-order valence-corrected chi connectivity index (χ3v) is 3.73. The highest BCUT2D eigenvalue weighted by molar-refractivity contribution is 7.99. The van der Waals surface area contributed by atoms with Gasteiger partial charge in [-0.15, -0.1) is 11.8 Å². The van der Waals surface area contributed by atoms with E-state index in [1.807, 2.05) is 32.0 Å². The molecule has 0 aliphatic carbocycles. The minimum absolute atomic E-state index is 0.0514. The fraction of sp³-hybridized carbons (Fsp3) is 0.500. The lowest BCUT2D eigenvalue weighted by molar-refractivity contribution is -0.121. The van der Waals surface area contributed by atoms with E-state index >= 15 is 0 Å². The van der Waals surface area contributed by atoms with Gasteiger partial charge in [0.2, 0.25) is 5.91 Å². The van der Waals surface area contributed by atoms with Crippen molar-refractivity contribution < 1.29 is 9.53 Å². The predicted molar refractivity (Wildman–Crippen MR) is 76.7 cm³/mol. The molecule has 3 nitrogen and oxygen atoms in total. The van der Waals surface area contributed by atoms with Crippen LogP contribution in [-0.2, 0) is 15.3 Å². The molecule has 1 N–H and O–H groups in total. The van der Waals surface area contributed by atoms with E-state index in [1.54, 1.807) is 18.9 Å². The Hall–Kier alpha value is -1.00. The summed E-state index contributed by atoms with van der Waals surface area (Å²) in [5.41, 5.74) is 1.24. The van der Waals surface area contributed by atoms with Crippen LogP contribution in [0.5, 0.6) is 0 Å². The van der Waals surface area contributed by atoms with E-state index in [0.717, 1.165) is 5.75 Å². The molecular formula is C14H21NO2S. The van der Waals surface area contributed by atoms with Crippen molar-refractivity contribution in [2.75, 3.05) is 13.7 Å². The molecule has 0 aliphatic rings. The van der Waals surface area contributed by atoms with Crippen LogP contribution in [0.25, 0.3) is 0 Å². The summed E-state index contributed by atoms with van der Waals surface area (Å²) < 4.78 is 4.99. The highest BCUT2D eigenvalue weighted by Crippen LogP contribution is 2.17. The number of carbonyl (C=O) groups excluding carboxylic acids is 1. The summed E-state index contributed by atoms with van der Waals surface area (Å²) in [6.45, 7) is 4.42. The monoisotopic (exact) mass is 267 g/mol. The summed E-state index contributed by atoms with van der Waals surface area (Å²) in [5, 5.41) is 2.88. The summed E-state index contributed by atoms with van der Waals surface area (Å²) >= 11 is 1.64. The van der Waals surface area contributed by atoms with Gasteiger partial charge in [-0.3, -0.25) is 4.79 Å². The van der Waals surface area contributed by atoms with Gasteiger partial charge >= 0.3 is 0 Å². The molecular weight excluding hydrogens is 246 g/mol. The smallest absolute Gasteiger partial charge is 0.233 e. The molecule has 1 aromatic rings. The fourth-order valence-corrected chi connectivity index (χ4v) is 2.38. The van der Waals surface area contributed by atoms with Crippen LogP contribution in [0, 0.1) is 0 Å². The van der Waals surface area contributed by atoms with Crippen LogP contribution in [0.4, 0.5) is 0 Å². The number of thioether (sulfide) groups is 1. The Morgan fingerprint density at radius 3 is 2.61 bits per heavy atom. The van der Waals surface area contributed by atoms with E-state index in [-0.39, 0.29) is 17.2 Å². The molecule has 2 atom stereocenters. The van der Waals surface area contributed by atoms with Crippen molar-refractivity contribution in [2.24, 2.45) is 0 Å². The minimum Gasteiger partial charge on any atom is -0.383 e. The standard InChI is InChI=1S/C14H21NO2S/c1-11(9-17-3)15-14(16)12(2)18-10-13-7-5-4-6-8-13/h4-8,11-12H,9-10H2,1-3H3,(H,15,16)/t11-,12+/m1/s1. The molecule has 0 aromatic heterocycles. The molecule has 1 amide bonds. The zero-order valence-electron chi connectivity index (χ0n) is 11.2. The van der Waals surface area contributed by atoms with Crippen LogP contribution in [-0.4, -0.2) is 30.9 Å². The van der Waals surface area contributed by atoms with Gasteiger partial charge in [0.1, 0.15) is 0 Å². The largest absolute Gasteiger partial charge is 0.383 e. The molecule has 0 unspecified atom stereocenters. The lowest BCUT2D eigenvalue weighted by atomic mass is 10.2. The first kappa shape index (κ1) is 15.1. The molecule has 1 rings (SSSR count). The predicted octanol–water partition coefficient (Wildman–Crippen LogP) is 2.46. The van der Waals surface area contributed by atoms with E-state index < -0.39 is 0 Å². The minimum atomic E-state index is -0.0514. The molecule has 0 fully saturated rings. The number of hydrogen-bond acceptors (Lipinski definition) is 3. The zero-order chi connectivity index (χ0) is 13.4. The van der Waals surface area contributed by atoms with Gasteiger partial charge < -0.3 is 10.1 Å². The van der Waals surface area contributed by atoms with Crippen molar-refractivity contribution >= 4 is 17.7 Å². The van der Waals surface area contributed by atoms with Crippen molar-refractivity contribution in [1.82, 2.24) is 5.32 Å². The summed E-state index contributed by atoms with van der Waals surface area (Å²) in [6.07, 6.45) is 0. The quantitative estimate of drug-likeness (QED) is 0.824. The van der Waals surface area contributed by atoms with Crippen molar-refractivity contribution in [3.05, 3.63) is 35.9 Å². The van der Waals surface area contributed by atoms with Gasteiger partial charge in [0.05, 0.1) is 11.9 Å². The van der Waals surface area contributed by atoms with Gasteiger partial charge in [0.25, 0.3) is 0 Å². The summed E-state index contributed by atoms with van der Waals surface area (Å²) in [4.78, 5) is 11.9. The molecule has 18 heavy (non-hydrogen) atoms. The first-order valence-electron chi connectivity index (χ1n) is 6.08. The van der Waals surface area contributed by atoms with E-state index in [9.17, 15) is 4.79 Å². The highest BCUT2D eigenvalue weighted by atomic mass is 32.2. The van der Waals surface area contributed by atoms with Crippen LogP contribution in [0.1, 0.15) is 19.4 Å². The number of rotatable bonds is 7. The van der Waals surface area contributed by atoms with Crippen LogP contribution < -0.4 is 5.32 Å². The van der Waals surface area contributed by atoms with Crippen molar-refractivity contribution in [3.63, 3.8) is 0 Å². The Balaban J connectivity index is 2.32. The molecule has 0 saturated heterocycles. The Morgan fingerprint density at radius 2 is 2.00 bits per heavy atom. The van der Waals surface area contributed by atoms with Crippen LogP contribution in [0.2, 0.25) is 0 Å². The third-order valence-electron chi connectivity index (χ3n) is 2.52. The van der Waals surface area contributed by atoms with Gasteiger partial charge in [-0.2, -0.15) is 0 Å². The first-order chi connectivity index (χ1) is 8.63. The number of amides is 1. The first-order valence-corrected chi connectivity index (χ1v) is 7.13. The second-order valence-electron chi connectivity index (χ2n) is 4.30. The van der Waals surface area contributed by atoms with Gasteiger partial charge in [-0.25, -0.2) is 0 Å². The molecule has 0 bridgehead atoms. The SMILES string of the molecule is COC[C@@H](C)NC(=O)[C@H](C)SCc1ccccc1. The number of nitrogens with one attached hydrogen (secondary N) is 1. The number of carbonyl (C=O) groups is 1. The van der Waals surface area contributed by atoms with E-state index in [2.05, 4.69) is 17.4 Å². The molecule has 1 aromatic carbocycles. The molecule has 0 saturated carbocycles. The van der Waals surface area contributed by atoms with Crippen molar-refractivity contribution in [1.29, 1.82) is 0 Å². The third kappa shape index (κ3) is 5.56. The van der Waals surface area contributed by atoms with Crippen LogP contribution in [0.15, 0.2) is 30.3 Å². The Morgan fingerprint density at radius 1 is 1.33 bits per heavy atom. The summed E-state index contributed by atoms with van der Waals surface area (Å²) in [6, 6.07) is 10.2. The van der Waals surface area contributed by atoms with Crippen molar-refractivity contribution in [3.8, 4) is 0 Å². The normalized spacial score (nSPS) is 13.9. The van der Waals surface area contributed by atoms with Crippen molar-refractivity contribution in [2.45, 2.75) is 30.9 Å². The second-order valence-corrected chi connectivity index (χ2v) is 5.63. The average Bonchev–Trinajstić information content (AvgIpc) is 2.37. The van der Waals surface area contributed by atoms with E-state index in [0.29, 0.717) is 6.61 Å². The Labute approximate surface area is 113 Å². The lowest BCUT2D eigenvalue weighted by Gasteiger charge is -2.16.